The average Bonchev–Trinajstić information content (AvgIpc) is 3.07. The van der Waals surface area contributed by atoms with Crippen LogP contribution in [0.3, 0.4) is 0 Å². The Balaban J connectivity index is 1.72. The number of para-hydroxylation sites is 1. The Bertz CT molecular complexity index is 1260. The number of nitrogens with one attached hydrogen (secondary N) is 1. The lowest BCUT2D eigenvalue weighted by Gasteiger charge is -2.06. The minimum atomic E-state index is -0.468. The van der Waals surface area contributed by atoms with Gasteiger partial charge in [0.2, 0.25) is 0 Å². The number of anilines is 2. The lowest BCUT2D eigenvalue weighted by molar-refractivity contribution is 0.0600. The first-order valence-electron chi connectivity index (χ1n) is 9.12. The van der Waals surface area contributed by atoms with Crippen LogP contribution in [0.25, 0.3) is 21.1 Å². The van der Waals surface area contributed by atoms with E-state index in [1.54, 1.807) is 24.3 Å². The number of nitrogens with two attached hydrogens (primary N) is 1. The highest BCUT2D eigenvalue weighted by atomic mass is 32.1. The number of methoxy groups -OCH3 is 1. The molecule has 0 bridgehead atoms. The van der Waals surface area contributed by atoms with Gasteiger partial charge in [-0.05, 0) is 36.2 Å². The van der Waals surface area contributed by atoms with E-state index in [1.807, 2.05) is 18.2 Å². The third-order valence-electron chi connectivity index (χ3n) is 4.76. The lowest BCUT2D eigenvalue weighted by atomic mass is 10.1. The molecule has 0 spiro atoms. The van der Waals surface area contributed by atoms with Crippen molar-refractivity contribution < 1.29 is 14.3 Å². The molecule has 0 radical (unpaired) electrons. The van der Waals surface area contributed by atoms with Crippen LogP contribution in [0, 0.1) is 0 Å². The summed E-state index contributed by atoms with van der Waals surface area (Å²) in [4.78, 5) is 30.4. The van der Waals surface area contributed by atoms with Gasteiger partial charge in [0.1, 0.15) is 9.71 Å². The smallest absolute Gasteiger partial charge is 0.337 e. The van der Waals surface area contributed by atoms with Crippen LogP contribution in [0.5, 0.6) is 0 Å². The predicted octanol–water partition coefficient (Wildman–Crippen LogP) is 4.63. The average molecular weight is 405 g/mol. The monoisotopic (exact) mass is 405 g/mol. The van der Waals surface area contributed by atoms with Crippen molar-refractivity contribution in [1.29, 1.82) is 0 Å². The van der Waals surface area contributed by atoms with E-state index in [-0.39, 0.29) is 5.91 Å². The first-order chi connectivity index (χ1) is 14.0. The van der Waals surface area contributed by atoms with Crippen molar-refractivity contribution in [1.82, 2.24) is 4.98 Å². The largest absolute Gasteiger partial charge is 0.465 e. The number of ether oxygens (including phenoxy) is 1. The van der Waals surface area contributed by atoms with E-state index in [4.69, 9.17) is 15.5 Å². The first-order valence-corrected chi connectivity index (χ1v) is 9.93. The molecule has 0 saturated heterocycles. The van der Waals surface area contributed by atoms with Crippen LogP contribution in [0.1, 0.15) is 32.5 Å². The number of aromatic nitrogens is 1. The maximum absolute atomic E-state index is 12.8. The van der Waals surface area contributed by atoms with Crippen molar-refractivity contribution >= 4 is 55.7 Å². The Labute approximate surface area is 171 Å². The number of hydrogen-bond donors (Lipinski definition) is 2. The van der Waals surface area contributed by atoms with Gasteiger partial charge < -0.3 is 15.8 Å². The topological polar surface area (TPSA) is 94.3 Å². The third-order valence-corrected chi connectivity index (χ3v) is 5.87. The fraction of sp³-hybridized carbons (Fsp3) is 0.136. The number of nitrogen functional groups attached to an aromatic ring is 1. The van der Waals surface area contributed by atoms with E-state index in [0.29, 0.717) is 21.8 Å². The molecule has 0 fully saturated rings. The third kappa shape index (κ3) is 3.40. The number of aryl methyl sites for hydroxylation is 1. The molecule has 2 aromatic heterocycles. The Morgan fingerprint density at radius 3 is 2.72 bits per heavy atom. The van der Waals surface area contributed by atoms with E-state index in [2.05, 4.69) is 18.3 Å². The summed E-state index contributed by atoms with van der Waals surface area (Å²) in [5.74, 6) is -0.808. The molecule has 3 N–H and O–H groups in total. The highest BCUT2D eigenvalue weighted by Crippen LogP contribution is 2.35. The molecule has 4 rings (SSSR count). The fourth-order valence-electron chi connectivity index (χ4n) is 3.27. The summed E-state index contributed by atoms with van der Waals surface area (Å²) < 4.78 is 4.72. The Kier molecular flexibility index (Phi) is 4.90. The predicted molar refractivity (Wildman–Crippen MR) is 117 cm³/mol. The minimum Gasteiger partial charge on any atom is -0.465 e. The van der Waals surface area contributed by atoms with Crippen molar-refractivity contribution in [2.45, 2.75) is 13.3 Å². The molecule has 0 aliphatic heterocycles. The molecular formula is C22H19N3O3S. The highest BCUT2D eigenvalue weighted by molar-refractivity contribution is 7.21. The molecule has 146 valence electrons. The maximum atomic E-state index is 12.8. The van der Waals surface area contributed by atoms with E-state index >= 15 is 0 Å². The number of thiophene rings is 1. The van der Waals surface area contributed by atoms with Crippen molar-refractivity contribution in [3.63, 3.8) is 0 Å². The van der Waals surface area contributed by atoms with Gasteiger partial charge in [0.15, 0.2) is 0 Å². The van der Waals surface area contributed by atoms with Crippen LogP contribution < -0.4 is 11.1 Å². The zero-order valence-electron chi connectivity index (χ0n) is 16.0. The number of amides is 1. The molecule has 4 aromatic rings. The number of esters is 1. The molecule has 7 heteroatoms. The van der Waals surface area contributed by atoms with Gasteiger partial charge in [0.05, 0.1) is 23.9 Å². The summed E-state index contributed by atoms with van der Waals surface area (Å²) >= 11 is 1.26. The van der Waals surface area contributed by atoms with Crippen LogP contribution in [0.2, 0.25) is 0 Å². The molecule has 29 heavy (non-hydrogen) atoms. The quantitative estimate of drug-likeness (QED) is 0.483. The van der Waals surface area contributed by atoms with Gasteiger partial charge in [-0.1, -0.05) is 31.2 Å². The molecule has 2 heterocycles. The normalized spacial score (nSPS) is 11.0. The van der Waals surface area contributed by atoms with E-state index < -0.39 is 5.97 Å². The zero-order chi connectivity index (χ0) is 20.5. The number of carbonyl (C=O) groups is 2. The SMILES string of the molecule is CCc1cccc2cc3c(N)c(C(=O)Nc4cccc(C(=O)OC)c4)sc3nc12. The van der Waals surface area contributed by atoms with Crippen molar-refractivity contribution in [3.8, 4) is 0 Å². The molecule has 0 atom stereocenters. The molecule has 0 aliphatic carbocycles. The Morgan fingerprint density at radius 2 is 1.97 bits per heavy atom. The van der Waals surface area contributed by atoms with Gasteiger partial charge in [-0.3, -0.25) is 4.79 Å². The summed E-state index contributed by atoms with van der Waals surface area (Å²) in [5, 5.41) is 4.57. The summed E-state index contributed by atoms with van der Waals surface area (Å²) in [6, 6.07) is 14.6. The number of benzene rings is 2. The molecule has 0 aliphatic rings. The number of hydrogen-bond acceptors (Lipinski definition) is 6. The highest BCUT2D eigenvalue weighted by Gasteiger charge is 2.19. The van der Waals surface area contributed by atoms with E-state index in [0.717, 1.165) is 33.1 Å². The molecule has 1 amide bonds. The lowest BCUT2D eigenvalue weighted by Crippen LogP contribution is -2.12. The van der Waals surface area contributed by atoms with Gasteiger partial charge >= 0.3 is 5.97 Å². The van der Waals surface area contributed by atoms with E-state index in [1.165, 1.54) is 18.4 Å². The summed E-state index contributed by atoms with van der Waals surface area (Å²) in [5.41, 5.74) is 9.63. The fourth-order valence-corrected chi connectivity index (χ4v) is 4.24. The number of rotatable bonds is 4. The molecule has 0 unspecified atom stereocenters. The van der Waals surface area contributed by atoms with E-state index in [9.17, 15) is 9.59 Å². The van der Waals surface area contributed by atoms with Crippen LogP contribution in [0.15, 0.2) is 48.5 Å². The second-order valence-corrected chi connectivity index (χ2v) is 7.55. The number of fused-ring (bicyclic) bond motifs is 2. The van der Waals surface area contributed by atoms with Crippen LogP contribution >= 0.6 is 11.3 Å². The van der Waals surface area contributed by atoms with Crippen LogP contribution in [-0.4, -0.2) is 24.0 Å². The maximum Gasteiger partial charge on any atom is 0.337 e. The first kappa shape index (κ1) is 18.9. The summed E-state index contributed by atoms with van der Waals surface area (Å²) in [6.07, 6.45) is 0.876. The minimum absolute atomic E-state index is 0.340. The Morgan fingerprint density at radius 1 is 1.17 bits per heavy atom. The van der Waals surface area contributed by atoms with Crippen LogP contribution in [-0.2, 0) is 11.2 Å². The number of pyridine rings is 1. The van der Waals surface area contributed by atoms with Gasteiger partial charge in [-0.15, -0.1) is 11.3 Å². The summed E-state index contributed by atoms with van der Waals surface area (Å²) in [6.45, 7) is 2.09. The van der Waals surface area contributed by atoms with Crippen molar-refractivity contribution in [2.75, 3.05) is 18.2 Å². The van der Waals surface area contributed by atoms with Crippen molar-refractivity contribution in [3.05, 3.63) is 64.5 Å². The van der Waals surface area contributed by atoms with Gasteiger partial charge in [-0.2, -0.15) is 0 Å². The molecular weight excluding hydrogens is 386 g/mol. The second kappa shape index (κ2) is 7.52. The molecule has 2 aromatic carbocycles. The standard InChI is InChI=1S/C22H19N3O3S/c1-3-12-6-4-7-13-11-16-17(23)19(29-21(16)25-18(12)13)20(26)24-15-9-5-8-14(10-15)22(27)28-2/h4-11H,3,23H2,1-2H3,(H,24,26). The van der Waals surface area contributed by atoms with Crippen molar-refractivity contribution in [2.24, 2.45) is 0 Å². The summed E-state index contributed by atoms with van der Waals surface area (Å²) in [7, 11) is 1.31. The number of nitrogens with zero attached hydrogens (tertiary/aromatic N) is 1. The number of carbonyl (C=O) groups excluding carboxylic acids is 2. The van der Waals surface area contributed by atoms with Gasteiger partial charge in [0.25, 0.3) is 5.91 Å². The Hall–Kier alpha value is -3.45. The zero-order valence-corrected chi connectivity index (χ0v) is 16.8. The van der Waals surface area contributed by atoms with Crippen LogP contribution in [0.4, 0.5) is 11.4 Å². The van der Waals surface area contributed by atoms with Gasteiger partial charge in [-0.25, -0.2) is 9.78 Å². The second-order valence-electron chi connectivity index (χ2n) is 6.55. The van der Waals surface area contributed by atoms with Gasteiger partial charge in [0, 0.05) is 16.5 Å². The molecule has 6 nitrogen and oxygen atoms in total. The molecule has 0 saturated carbocycles.